The predicted octanol–water partition coefficient (Wildman–Crippen LogP) is 4.08. The summed E-state index contributed by atoms with van der Waals surface area (Å²) in [4.78, 5) is 4.53. The predicted molar refractivity (Wildman–Crippen MR) is 74.9 cm³/mol. The summed E-state index contributed by atoms with van der Waals surface area (Å²) in [7, 11) is 0. The molecular weight excluding hydrogens is 276 g/mol. The highest BCUT2D eigenvalue weighted by molar-refractivity contribution is 9.10. The molecule has 1 aromatic rings. The Balaban J connectivity index is 2.08. The summed E-state index contributed by atoms with van der Waals surface area (Å²) in [5, 5.41) is 3.57. The summed E-state index contributed by atoms with van der Waals surface area (Å²) in [5.41, 5.74) is 1.17. The van der Waals surface area contributed by atoms with E-state index in [2.05, 4.69) is 39.2 Å². The molecule has 0 radical (unpaired) electrons. The van der Waals surface area contributed by atoms with E-state index in [-0.39, 0.29) is 0 Å². The van der Waals surface area contributed by atoms with Crippen molar-refractivity contribution in [2.45, 2.75) is 45.1 Å². The lowest BCUT2D eigenvalue weighted by Crippen LogP contribution is -2.24. The SMILES string of the molecule is CCNC(CC1CCCC1)c1ncccc1Br. The van der Waals surface area contributed by atoms with Gasteiger partial charge >= 0.3 is 0 Å². The summed E-state index contributed by atoms with van der Waals surface area (Å²) in [5.74, 6) is 0.882. The Morgan fingerprint density at radius 3 is 2.88 bits per heavy atom. The number of nitrogens with one attached hydrogen (secondary N) is 1. The molecule has 2 rings (SSSR count). The van der Waals surface area contributed by atoms with Crippen LogP contribution in [0.25, 0.3) is 0 Å². The van der Waals surface area contributed by atoms with Crippen molar-refractivity contribution in [3.63, 3.8) is 0 Å². The van der Waals surface area contributed by atoms with Crippen LogP contribution in [0.1, 0.15) is 50.8 Å². The molecule has 1 atom stereocenters. The van der Waals surface area contributed by atoms with Crippen LogP contribution >= 0.6 is 15.9 Å². The van der Waals surface area contributed by atoms with Gasteiger partial charge in [0.15, 0.2) is 0 Å². The van der Waals surface area contributed by atoms with Gasteiger partial charge in [-0.05, 0) is 46.9 Å². The Morgan fingerprint density at radius 2 is 2.24 bits per heavy atom. The van der Waals surface area contributed by atoms with Crippen LogP contribution in [0.2, 0.25) is 0 Å². The van der Waals surface area contributed by atoms with Crippen molar-refractivity contribution in [2.24, 2.45) is 5.92 Å². The molecule has 0 aliphatic heterocycles. The van der Waals surface area contributed by atoms with Crippen LogP contribution in [-0.2, 0) is 0 Å². The number of hydrogen-bond acceptors (Lipinski definition) is 2. The van der Waals surface area contributed by atoms with Crippen LogP contribution in [0.3, 0.4) is 0 Å². The third-order valence-corrected chi connectivity index (χ3v) is 4.28. The second kappa shape index (κ2) is 6.50. The van der Waals surface area contributed by atoms with E-state index in [0.717, 1.165) is 16.9 Å². The van der Waals surface area contributed by atoms with E-state index in [0.29, 0.717) is 6.04 Å². The highest BCUT2D eigenvalue weighted by Gasteiger charge is 2.22. The molecule has 3 heteroatoms. The molecule has 1 unspecified atom stereocenters. The smallest absolute Gasteiger partial charge is 0.0714 e. The van der Waals surface area contributed by atoms with Gasteiger partial charge in [-0.1, -0.05) is 32.6 Å². The number of hydrogen-bond donors (Lipinski definition) is 1. The Hall–Kier alpha value is -0.410. The second-order valence-corrected chi connectivity index (χ2v) is 5.72. The van der Waals surface area contributed by atoms with Gasteiger partial charge in [-0.2, -0.15) is 0 Å². The topological polar surface area (TPSA) is 24.9 Å². The third kappa shape index (κ3) is 3.52. The van der Waals surface area contributed by atoms with Gasteiger partial charge in [0, 0.05) is 10.7 Å². The van der Waals surface area contributed by atoms with Gasteiger partial charge in [0.25, 0.3) is 0 Å². The number of nitrogens with zero attached hydrogens (tertiary/aromatic N) is 1. The summed E-state index contributed by atoms with van der Waals surface area (Å²) < 4.78 is 1.13. The van der Waals surface area contributed by atoms with Crippen LogP contribution in [-0.4, -0.2) is 11.5 Å². The van der Waals surface area contributed by atoms with Gasteiger partial charge < -0.3 is 5.32 Å². The average Bonchev–Trinajstić information content (AvgIpc) is 2.82. The lowest BCUT2D eigenvalue weighted by Gasteiger charge is -2.21. The van der Waals surface area contributed by atoms with Crippen molar-refractivity contribution < 1.29 is 0 Å². The molecule has 1 aromatic heterocycles. The quantitative estimate of drug-likeness (QED) is 0.886. The van der Waals surface area contributed by atoms with E-state index >= 15 is 0 Å². The van der Waals surface area contributed by atoms with Gasteiger partial charge in [0.2, 0.25) is 0 Å². The molecule has 1 saturated carbocycles. The summed E-state index contributed by atoms with van der Waals surface area (Å²) in [6.07, 6.45) is 8.72. The fourth-order valence-corrected chi connectivity index (χ4v) is 3.30. The van der Waals surface area contributed by atoms with Gasteiger partial charge in [-0.15, -0.1) is 0 Å². The minimum atomic E-state index is 0.402. The summed E-state index contributed by atoms with van der Waals surface area (Å²) >= 11 is 3.61. The number of pyridine rings is 1. The molecule has 0 aromatic carbocycles. The maximum atomic E-state index is 4.53. The highest BCUT2D eigenvalue weighted by atomic mass is 79.9. The van der Waals surface area contributed by atoms with E-state index in [1.165, 1.54) is 37.8 Å². The van der Waals surface area contributed by atoms with E-state index in [4.69, 9.17) is 0 Å². The minimum absolute atomic E-state index is 0.402. The first-order chi connectivity index (χ1) is 8.31. The van der Waals surface area contributed by atoms with Crippen molar-refractivity contribution >= 4 is 15.9 Å². The fraction of sp³-hybridized carbons (Fsp3) is 0.643. The number of aromatic nitrogens is 1. The van der Waals surface area contributed by atoms with Crippen molar-refractivity contribution in [2.75, 3.05) is 6.54 Å². The molecule has 0 saturated heterocycles. The van der Waals surface area contributed by atoms with Gasteiger partial charge in [0.1, 0.15) is 0 Å². The molecule has 1 N–H and O–H groups in total. The first-order valence-electron chi connectivity index (χ1n) is 6.65. The van der Waals surface area contributed by atoms with Crippen molar-refractivity contribution in [3.05, 3.63) is 28.5 Å². The number of rotatable bonds is 5. The molecule has 0 amide bonds. The minimum Gasteiger partial charge on any atom is -0.309 e. The van der Waals surface area contributed by atoms with Crippen LogP contribution in [0.5, 0.6) is 0 Å². The van der Waals surface area contributed by atoms with E-state index in [1.54, 1.807) is 0 Å². The van der Waals surface area contributed by atoms with Crippen molar-refractivity contribution in [1.82, 2.24) is 10.3 Å². The molecule has 1 aliphatic carbocycles. The van der Waals surface area contributed by atoms with E-state index in [9.17, 15) is 0 Å². The molecule has 17 heavy (non-hydrogen) atoms. The van der Waals surface area contributed by atoms with Crippen LogP contribution in [0.4, 0.5) is 0 Å². The molecule has 0 bridgehead atoms. The number of halogens is 1. The maximum absolute atomic E-state index is 4.53. The Morgan fingerprint density at radius 1 is 1.47 bits per heavy atom. The lowest BCUT2D eigenvalue weighted by atomic mass is 9.96. The van der Waals surface area contributed by atoms with Crippen molar-refractivity contribution in [1.29, 1.82) is 0 Å². The van der Waals surface area contributed by atoms with E-state index in [1.807, 2.05) is 12.3 Å². The maximum Gasteiger partial charge on any atom is 0.0714 e. The fourth-order valence-electron chi connectivity index (χ4n) is 2.77. The standard InChI is InChI=1S/C14H21BrN2/c1-2-16-13(10-11-6-3-4-7-11)14-12(15)8-5-9-17-14/h5,8-9,11,13,16H,2-4,6-7,10H2,1H3. The second-order valence-electron chi connectivity index (χ2n) is 4.87. The van der Waals surface area contributed by atoms with Gasteiger partial charge in [0.05, 0.1) is 11.7 Å². The summed E-state index contributed by atoms with van der Waals surface area (Å²) in [6, 6.07) is 4.46. The Bertz CT molecular complexity index is 348. The lowest BCUT2D eigenvalue weighted by molar-refractivity contribution is 0.394. The zero-order valence-electron chi connectivity index (χ0n) is 10.5. The van der Waals surface area contributed by atoms with E-state index < -0.39 is 0 Å². The van der Waals surface area contributed by atoms with Crippen LogP contribution in [0.15, 0.2) is 22.8 Å². The first-order valence-corrected chi connectivity index (χ1v) is 7.44. The zero-order valence-corrected chi connectivity index (χ0v) is 12.0. The van der Waals surface area contributed by atoms with Gasteiger partial charge in [-0.25, -0.2) is 0 Å². The normalized spacial score (nSPS) is 18.5. The monoisotopic (exact) mass is 296 g/mol. The van der Waals surface area contributed by atoms with Gasteiger partial charge in [-0.3, -0.25) is 4.98 Å². The van der Waals surface area contributed by atoms with Crippen LogP contribution in [0, 0.1) is 5.92 Å². The molecule has 1 aliphatic rings. The Labute approximate surface area is 112 Å². The highest BCUT2D eigenvalue weighted by Crippen LogP contribution is 2.34. The Kier molecular flexibility index (Phi) is 4.99. The average molecular weight is 297 g/mol. The molecule has 94 valence electrons. The third-order valence-electron chi connectivity index (χ3n) is 3.61. The first kappa shape index (κ1) is 13.0. The molecule has 2 nitrogen and oxygen atoms in total. The molecule has 1 heterocycles. The van der Waals surface area contributed by atoms with Crippen LogP contribution < -0.4 is 5.32 Å². The molecule has 1 fully saturated rings. The van der Waals surface area contributed by atoms with Crippen molar-refractivity contribution in [3.8, 4) is 0 Å². The molecule has 0 spiro atoms. The zero-order chi connectivity index (χ0) is 12.1. The largest absolute Gasteiger partial charge is 0.309 e. The molecular formula is C14H21BrN2. The summed E-state index contributed by atoms with van der Waals surface area (Å²) in [6.45, 7) is 3.17.